The zero-order valence-electron chi connectivity index (χ0n) is 9.63. The molecule has 0 amide bonds. The quantitative estimate of drug-likeness (QED) is 0.836. The fourth-order valence-corrected chi connectivity index (χ4v) is 3.47. The number of carboxylic acid groups (broad SMARTS) is 1. The first-order chi connectivity index (χ1) is 8.30. The lowest BCUT2D eigenvalue weighted by molar-refractivity contribution is 0.0696. The molecule has 18 heavy (non-hydrogen) atoms. The van der Waals surface area contributed by atoms with E-state index in [0.717, 1.165) is 4.31 Å². The van der Waals surface area contributed by atoms with Crippen LogP contribution in [0.25, 0.3) is 0 Å². The molecule has 1 N–H and O–H groups in total. The van der Waals surface area contributed by atoms with Crippen LogP contribution in [0.4, 0.5) is 0 Å². The van der Waals surface area contributed by atoms with Crippen molar-refractivity contribution in [3.63, 3.8) is 0 Å². The van der Waals surface area contributed by atoms with E-state index in [-0.39, 0.29) is 21.5 Å². The van der Waals surface area contributed by atoms with Gasteiger partial charge in [0.15, 0.2) is 0 Å². The zero-order valence-corrected chi connectivity index (χ0v) is 12.0. The highest BCUT2D eigenvalue weighted by Crippen LogP contribution is 2.25. The molecule has 0 aliphatic heterocycles. The number of benzene rings is 1. The Balaban J connectivity index is 3.26. The van der Waals surface area contributed by atoms with Gasteiger partial charge in [-0.15, -0.1) is 6.58 Å². The van der Waals surface area contributed by atoms with Crippen LogP contribution in [0.2, 0.25) is 0 Å². The number of carboxylic acids is 1. The Labute approximate surface area is 114 Å². The molecular weight excluding hydrogens is 322 g/mol. The van der Waals surface area contributed by atoms with Crippen LogP contribution in [-0.4, -0.2) is 37.4 Å². The van der Waals surface area contributed by atoms with Crippen LogP contribution in [0.1, 0.15) is 10.4 Å². The lowest BCUT2D eigenvalue weighted by Crippen LogP contribution is -2.27. The molecule has 0 radical (unpaired) electrons. The second kappa shape index (κ2) is 5.64. The molecule has 1 aromatic rings. The summed E-state index contributed by atoms with van der Waals surface area (Å²) in [4.78, 5) is 10.8. The summed E-state index contributed by atoms with van der Waals surface area (Å²) >= 11 is 3.08. The molecule has 7 heteroatoms. The fourth-order valence-electron chi connectivity index (χ4n) is 1.29. The first-order valence-corrected chi connectivity index (χ1v) is 7.14. The molecular formula is C11H12BrNO4S. The molecule has 0 atom stereocenters. The molecule has 0 saturated heterocycles. The number of sulfonamides is 1. The summed E-state index contributed by atoms with van der Waals surface area (Å²) in [6, 6.07) is 3.78. The monoisotopic (exact) mass is 333 g/mol. The van der Waals surface area contributed by atoms with E-state index >= 15 is 0 Å². The Morgan fingerprint density at radius 1 is 1.56 bits per heavy atom. The van der Waals surface area contributed by atoms with Crippen LogP contribution in [0, 0.1) is 0 Å². The van der Waals surface area contributed by atoms with E-state index in [4.69, 9.17) is 5.11 Å². The third-order valence-corrected chi connectivity index (χ3v) is 5.05. The standard InChI is InChI=1S/C11H12BrNO4S/c1-3-6-13(2)18(16,17)10-5-4-8(11(14)15)7-9(10)12/h3-5,7H,1,6H2,2H3,(H,14,15). The van der Waals surface area contributed by atoms with Crippen LogP contribution < -0.4 is 0 Å². The molecule has 5 nitrogen and oxygen atoms in total. The van der Waals surface area contributed by atoms with Gasteiger partial charge in [-0.25, -0.2) is 13.2 Å². The highest BCUT2D eigenvalue weighted by atomic mass is 79.9. The maximum atomic E-state index is 12.1. The van der Waals surface area contributed by atoms with Crippen molar-refractivity contribution in [2.75, 3.05) is 13.6 Å². The predicted molar refractivity (Wildman–Crippen MR) is 71.1 cm³/mol. The zero-order chi connectivity index (χ0) is 13.9. The van der Waals surface area contributed by atoms with Crippen molar-refractivity contribution < 1.29 is 18.3 Å². The van der Waals surface area contributed by atoms with Crippen molar-refractivity contribution in [1.82, 2.24) is 4.31 Å². The number of carbonyl (C=O) groups is 1. The smallest absolute Gasteiger partial charge is 0.335 e. The van der Waals surface area contributed by atoms with Gasteiger partial charge in [0, 0.05) is 18.1 Å². The second-order valence-corrected chi connectivity index (χ2v) is 6.39. The van der Waals surface area contributed by atoms with Crippen LogP contribution >= 0.6 is 15.9 Å². The largest absolute Gasteiger partial charge is 0.478 e. The minimum Gasteiger partial charge on any atom is -0.478 e. The number of aromatic carboxylic acids is 1. The maximum absolute atomic E-state index is 12.1. The summed E-state index contributed by atoms with van der Waals surface area (Å²) in [6.07, 6.45) is 1.47. The molecule has 0 heterocycles. The topological polar surface area (TPSA) is 74.7 Å². The van der Waals surface area contributed by atoms with E-state index in [1.807, 2.05) is 0 Å². The van der Waals surface area contributed by atoms with Crippen molar-refractivity contribution in [2.24, 2.45) is 0 Å². The third kappa shape index (κ3) is 2.98. The van der Waals surface area contributed by atoms with Gasteiger partial charge in [0.25, 0.3) is 0 Å². The molecule has 98 valence electrons. The van der Waals surface area contributed by atoms with Crippen LogP contribution in [0.15, 0.2) is 40.2 Å². The van der Waals surface area contributed by atoms with E-state index in [9.17, 15) is 13.2 Å². The van der Waals surface area contributed by atoms with Gasteiger partial charge >= 0.3 is 5.97 Å². The molecule has 0 saturated carbocycles. The Morgan fingerprint density at radius 3 is 2.61 bits per heavy atom. The van der Waals surface area contributed by atoms with Crippen molar-refractivity contribution in [2.45, 2.75) is 4.90 Å². The number of nitrogens with zero attached hydrogens (tertiary/aromatic N) is 1. The van der Waals surface area contributed by atoms with Gasteiger partial charge in [-0.3, -0.25) is 0 Å². The molecule has 0 unspecified atom stereocenters. The lowest BCUT2D eigenvalue weighted by Gasteiger charge is -2.16. The molecule has 0 spiro atoms. The fraction of sp³-hybridized carbons (Fsp3) is 0.182. The summed E-state index contributed by atoms with van der Waals surface area (Å²) in [5.41, 5.74) is 0.0206. The van der Waals surface area contributed by atoms with Crippen LogP contribution in [0.3, 0.4) is 0 Å². The number of likely N-dealkylation sites (N-methyl/N-ethyl adjacent to an activating group) is 1. The van der Waals surface area contributed by atoms with Crippen molar-refractivity contribution in [1.29, 1.82) is 0 Å². The summed E-state index contributed by atoms with van der Waals surface area (Å²) < 4.78 is 25.6. The first kappa shape index (κ1) is 14.9. The van der Waals surface area contributed by atoms with E-state index < -0.39 is 16.0 Å². The molecule has 1 rings (SSSR count). The highest BCUT2D eigenvalue weighted by Gasteiger charge is 2.23. The normalized spacial score (nSPS) is 11.5. The predicted octanol–water partition coefficient (Wildman–Crippen LogP) is 1.95. The lowest BCUT2D eigenvalue weighted by atomic mass is 10.2. The van der Waals surface area contributed by atoms with E-state index in [2.05, 4.69) is 22.5 Å². The average molecular weight is 334 g/mol. The van der Waals surface area contributed by atoms with Gasteiger partial charge in [-0.05, 0) is 34.1 Å². The van der Waals surface area contributed by atoms with E-state index in [1.54, 1.807) is 0 Å². The van der Waals surface area contributed by atoms with Crippen LogP contribution in [0.5, 0.6) is 0 Å². The summed E-state index contributed by atoms with van der Waals surface area (Å²) in [5.74, 6) is -1.11. The van der Waals surface area contributed by atoms with E-state index in [0.29, 0.717) is 0 Å². The van der Waals surface area contributed by atoms with Gasteiger partial charge in [-0.2, -0.15) is 4.31 Å². The Morgan fingerprint density at radius 2 is 2.17 bits per heavy atom. The van der Waals surface area contributed by atoms with E-state index in [1.165, 1.54) is 31.3 Å². The average Bonchev–Trinajstić information content (AvgIpc) is 2.28. The molecule has 1 aromatic carbocycles. The molecule has 0 aliphatic carbocycles. The van der Waals surface area contributed by atoms with Gasteiger partial charge in [0.1, 0.15) is 0 Å². The number of halogens is 1. The SMILES string of the molecule is C=CCN(C)S(=O)(=O)c1ccc(C(=O)O)cc1Br. The number of hydrogen-bond donors (Lipinski definition) is 1. The molecule has 0 fully saturated rings. The molecule has 0 aromatic heterocycles. The Kier molecular flexibility index (Phi) is 4.66. The minimum absolute atomic E-state index is 0.0206. The summed E-state index contributed by atoms with van der Waals surface area (Å²) in [5, 5.41) is 8.80. The van der Waals surface area contributed by atoms with Gasteiger partial charge < -0.3 is 5.11 Å². The highest BCUT2D eigenvalue weighted by molar-refractivity contribution is 9.10. The Hall–Kier alpha value is -1.18. The molecule has 0 aliphatic rings. The minimum atomic E-state index is -3.65. The van der Waals surface area contributed by atoms with Crippen molar-refractivity contribution in [3.8, 4) is 0 Å². The summed E-state index contributed by atoms with van der Waals surface area (Å²) in [6.45, 7) is 3.65. The first-order valence-electron chi connectivity index (χ1n) is 4.90. The molecule has 0 bridgehead atoms. The third-order valence-electron chi connectivity index (χ3n) is 2.25. The van der Waals surface area contributed by atoms with Crippen LogP contribution in [-0.2, 0) is 10.0 Å². The summed E-state index contributed by atoms with van der Waals surface area (Å²) in [7, 11) is -2.23. The maximum Gasteiger partial charge on any atom is 0.335 e. The number of hydrogen-bond acceptors (Lipinski definition) is 3. The van der Waals surface area contributed by atoms with Gasteiger partial charge in [-0.1, -0.05) is 6.08 Å². The van der Waals surface area contributed by atoms with Gasteiger partial charge in [0.05, 0.1) is 10.5 Å². The number of rotatable bonds is 5. The Bertz CT molecular complexity index is 583. The van der Waals surface area contributed by atoms with Crippen molar-refractivity contribution >= 4 is 31.9 Å². The van der Waals surface area contributed by atoms with Gasteiger partial charge in [0.2, 0.25) is 10.0 Å². The van der Waals surface area contributed by atoms with Crippen molar-refractivity contribution in [3.05, 3.63) is 40.9 Å². The second-order valence-electron chi connectivity index (χ2n) is 3.52.